The number of fused-ring (bicyclic) bond motifs is 6. The van der Waals surface area contributed by atoms with Crippen molar-refractivity contribution in [2.75, 3.05) is 0 Å². The van der Waals surface area contributed by atoms with Crippen LogP contribution in [0.3, 0.4) is 0 Å². The molecule has 20 heavy (non-hydrogen) atoms. The number of ether oxygens (including phenoxy) is 1. The molecule has 106 valence electrons. The van der Waals surface area contributed by atoms with E-state index in [1.54, 1.807) is 6.08 Å². The summed E-state index contributed by atoms with van der Waals surface area (Å²) in [5.74, 6) is 0. The van der Waals surface area contributed by atoms with Gasteiger partial charge in [-0.2, -0.15) is 0 Å². The first-order chi connectivity index (χ1) is 9.31. The molecule has 0 N–H and O–H groups in total. The van der Waals surface area contributed by atoms with Crippen LogP contribution in [0, 0.1) is 0 Å². The molecule has 0 unspecified atom stereocenters. The molecule has 4 rings (SSSR count). The SMILES string of the molecule is O=S1(=O)c2ccccc2S(=O)(=O)[C@]2(Cl)[C@H]1[C@@H]1C=C[C@H]2O1. The number of sulfone groups is 2. The van der Waals surface area contributed by atoms with Crippen molar-refractivity contribution in [2.45, 2.75) is 31.5 Å². The lowest BCUT2D eigenvalue weighted by molar-refractivity contribution is 0.119. The molecular weight excluding hydrogens is 324 g/mol. The standard InChI is InChI=1S/C12H9ClO5S2/c13-12-10-6-5-7(18-10)11(12)19(14,15)8-3-1-2-4-9(8)20(12,16)17/h1-7,10-11H/t7-,10+,11+,12-/m0/s1. The maximum absolute atomic E-state index is 12.8. The first kappa shape index (κ1) is 12.8. The lowest BCUT2D eigenvalue weighted by Gasteiger charge is -2.37. The normalized spacial score (nSPS) is 42.1. The molecule has 3 aliphatic heterocycles. The Morgan fingerprint density at radius 2 is 1.70 bits per heavy atom. The van der Waals surface area contributed by atoms with Crippen LogP contribution < -0.4 is 0 Å². The first-order valence-corrected chi connectivity index (χ1v) is 9.32. The Balaban J connectivity index is 2.17. The van der Waals surface area contributed by atoms with Gasteiger partial charge in [0.25, 0.3) is 0 Å². The summed E-state index contributed by atoms with van der Waals surface area (Å²) < 4.78 is 54.4. The fourth-order valence-electron chi connectivity index (χ4n) is 3.16. The van der Waals surface area contributed by atoms with E-state index in [0.717, 1.165) is 0 Å². The van der Waals surface area contributed by atoms with Gasteiger partial charge in [0, 0.05) is 0 Å². The van der Waals surface area contributed by atoms with Crippen molar-refractivity contribution < 1.29 is 21.6 Å². The number of hydrogen-bond donors (Lipinski definition) is 0. The van der Waals surface area contributed by atoms with E-state index in [4.69, 9.17) is 16.3 Å². The molecule has 0 spiro atoms. The molecule has 5 nitrogen and oxygen atoms in total. The fourth-order valence-corrected chi connectivity index (χ4v) is 9.21. The Kier molecular flexibility index (Phi) is 2.22. The van der Waals surface area contributed by atoms with Crippen molar-refractivity contribution in [1.29, 1.82) is 0 Å². The number of rotatable bonds is 0. The van der Waals surface area contributed by atoms with Crippen molar-refractivity contribution in [3.05, 3.63) is 36.4 Å². The van der Waals surface area contributed by atoms with E-state index in [1.807, 2.05) is 0 Å². The summed E-state index contributed by atoms with van der Waals surface area (Å²) in [6.07, 6.45) is 1.34. The third-order valence-corrected chi connectivity index (χ3v) is 10.0. The number of halogens is 1. The Morgan fingerprint density at radius 1 is 1.05 bits per heavy atom. The Morgan fingerprint density at radius 3 is 2.40 bits per heavy atom. The van der Waals surface area contributed by atoms with Gasteiger partial charge in [-0.25, -0.2) is 16.8 Å². The summed E-state index contributed by atoms with van der Waals surface area (Å²) >= 11 is 6.33. The highest BCUT2D eigenvalue weighted by molar-refractivity contribution is 8.00. The molecule has 2 bridgehead atoms. The molecule has 0 saturated carbocycles. The second-order valence-electron chi connectivity index (χ2n) is 5.02. The molecule has 3 aliphatic rings. The van der Waals surface area contributed by atoms with E-state index in [-0.39, 0.29) is 9.79 Å². The van der Waals surface area contributed by atoms with Gasteiger partial charge in [0.2, 0.25) is 9.84 Å². The molecule has 1 fully saturated rings. The minimum atomic E-state index is -4.01. The second-order valence-corrected chi connectivity index (χ2v) is 10.0. The quantitative estimate of drug-likeness (QED) is 0.521. The maximum atomic E-state index is 12.8. The van der Waals surface area contributed by atoms with Gasteiger partial charge in [0.1, 0.15) is 11.4 Å². The zero-order valence-corrected chi connectivity index (χ0v) is 12.3. The minimum Gasteiger partial charge on any atom is -0.362 e. The molecule has 0 aliphatic carbocycles. The average molecular weight is 333 g/mol. The molecular formula is C12H9ClO5S2. The molecule has 0 aromatic heterocycles. The van der Waals surface area contributed by atoms with Gasteiger partial charge in [0.05, 0.1) is 15.9 Å². The van der Waals surface area contributed by atoms with E-state index in [9.17, 15) is 16.8 Å². The van der Waals surface area contributed by atoms with Crippen molar-refractivity contribution in [2.24, 2.45) is 0 Å². The van der Waals surface area contributed by atoms with Gasteiger partial charge in [-0.1, -0.05) is 35.9 Å². The van der Waals surface area contributed by atoms with Crippen molar-refractivity contribution >= 4 is 31.3 Å². The molecule has 0 amide bonds. The Labute approximate surface area is 121 Å². The van der Waals surface area contributed by atoms with Crippen LogP contribution in [0.25, 0.3) is 0 Å². The number of hydrogen-bond acceptors (Lipinski definition) is 5. The van der Waals surface area contributed by atoms with Crippen LogP contribution in [0.5, 0.6) is 0 Å². The monoisotopic (exact) mass is 332 g/mol. The maximum Gasteiger partial charge on any atom is 0.203 e. The number of benzene rings is 1. The summed E-state index contributed by atoms with van der Waals surface area (Å²) in [4.78, 5) is -0.429. The zero-order chi connectivity index (χ0) is 14.3. The van der Waals surface area contributed by atoms with Gasteiger partial charge >= 0.3 is 0 Å². The van der Waals surface area contributed by atoms with E-state index in [1.165, 1.54) is 30.3 Å². The molecule has 1 saturated heterocycles. The van der Waals surface area contributed by atoms with Gasteiger partial charge in [-0.05, 0) is 12.1 Å². The van der Waals surface area contributed by atoms with Gasteiger partial charge in [-0.15, -0.1) is 0 Å². The van der Waals surface area contributed by atoms with Gasteiger partial charge in [0.15, 0.2) is 14.0 Å². The Hall–Kier alpha value is -0.890. The lowest BCUT2D eigenvalue weighted by atomic mass is 10.1. The van der Waals surface area contributed by atoms with Crippen LogP contribution in [0.15, 0.2) is 46.2 Å². The number of alkyl halides is 1. The van der Waals surface area contributed by atoms with Crippen LogP contribution >= 0.6 is 11.6 Å². The lowest BCUT2D eigenvalue weighted by Crippen LogP contribution is -2.57. The average Bonchev–Trinajstić information content (AvgIpc) is 2.97. The predicted molar refractivity (Wildman–Crippen MR) is 71.0 cm³/mol. The molecule has 1 aromatic rings. The van der Waals surface area contributed by atoms with Crippen molar-refractivity contribution in [3.8, 4) is 0 Å². The predicted octanol–water partition coefficient (Wildman–Crippen LogP) is 0.889. The highest BCUT2D eigenvalue weighted by Crippen LogP contribution is 2.56. The third-order valence-electron chi connectivity index (χ3n) is 4.05. The highest BCUT2D eigenvalue weighted by Gasteiger charge is 2.72. The summed E-state index contributed by atoms with van der Waals surface area (Å²) in [5.41, 5.74) is 0. The van der Waals surface area contributed by atoms with E-state index in [2.05, 4.69) is 0 Å². The largest absolute Gasteiger partial charge is 0.362 e. The van der Waals surface area contributed by atoms with E-state index in [0.29, 0.717) is 0 Å². The molecule has 3 heterocycles. The van der Waals surface area contributed by atoms with E-state index >= 15 is 0 Å². The summed E-state index contributed by atoms with van der Waals surface area (Å²) in [5, 5.41) is -1.30. The molecule has 8 heteroatoms. The molecule has 4 atom stereocenters. The van der Waals surface area contributed by atoms with E-state index < -0.39 is 41.3 Å². The minimum absolute atomic E-state index is 0.189. The van der Waals surface area contributed by atoms with Crippen molar-refractivity contribution in [3.63, 3.8) is 0 Å². The second kappa shape index (κ2) is 3.47. The smallest absolute Gasteiger partial charge is 0.203 e. The van der Waals surface area contributed by atoms with Crippen LogP contribution in [0.2, 0.25) is 0 Å². The Bertz CT molecular complexity index is 858. The summed E-state index contributed by atoms with van der Waals surface area (Å²) in [6.45, 7) is 0. The van der Waals surface area contributed by atoms with Crippen LogP contribution in [-0.4, -0.2) is 38.5 Å². The first-order valence-electron chi connectivity index (χ1n) is 5.91. The fraction of sp³-hybridized carbons (Fsp3) is 0.333. The van der Waals surface area contributed by atoms with Gasteiger partial charge < -0.3 is 4.74 Å². The topological polar surface area (TPSA) is 77.5 Å². The summed E-state index contributed by atoms with van der Waals surface area (Å²) in [6, 6.07) is 5.56. The van der Waals surface area contributed by atoms with Crippen molar-refractivity contribution in [1.82, 2.24) is 0 Å². The van der Waals surface area contributed by atoms with Crippen LogP contribution in [0.1, 0.15) is 0 Å². The zero-order valence-electron chi connectivity index (χ0n) is 9.93. The molecule has 1 aromatic carbocycles. The molecule has 0 radical (unpaired) electrons. The summed E-state index contributed by atoms with van der Waals surface area (Å²) in [7, 11) is -7.88. The van der Waals surface area contributed by atoms with Gasteiger partial charge in [-0.3, -0.25) is 0 Å². The highest BCUT2D eigenvalue weighted by atomic mass is 35.5. The third kappa shape index (κ3) is 1.15. The van der Waals surface area contributed by atoms with Crippen LogP contribution in [-0.2, 0) is 24.4 Å². The van der Waals surface area contributed by atoms with Crippen LogP contribution in [0.4, 0.5) is 0 Å².